The smallest absolute Gasteiger partial charge is 0.131 e. The highest BCUT2D eigenvalue weighted by molar-refractivity contribution is 5.85. The van der Waals surface area contributed by atoms with E-state index in [-0.39, 0.29) is 30.0 Å². The van der Waals surface area contributed by atoms with Gasteiger partial charge in [0.1, 0.15) is 5.82 Å². The Hall–Kier alpha value is -1.87. The molecule has 3 N–H and O–H groups in total. The van der Waals surface area contributed by atoms with Gasteiger partial charge in [0.15, 0.2) is 0 Å². The number of nitrogens with two attached hydrogens (primary N) is 1. The Labute approximate surface area is 118 Å². The van der Waals surface area contributed by atoms with Crippen molar-refractivity contribution in [1.29, 1.82) is 5.41 Å². The molecule has 2 aromatic rings. The molecule has 0 radical (unpaired) electrons. The van der Waals surface area contributed by atoms with Crippen LogP contribution in [0.25, 0.3) is 11.1 Å². The zero-order valence-electron chi connectivity index (χ0n) is 10.6. The van der Waals surface area contributed by atoms with E-state index >= 15 is 0 Å². The Kier molecular flexibility index (Phi) is 5.07. The molecule has 0 saturated carbocycles. The van der Waals surface area contributed by atoms with Gasteiger partial charge < -0.3 is 5.73 Å². The topological polar surface area (TPSA) is 49.9 Å². The first-order valence-corrected chi connectivity index (χ1v) is 5.78. The molecule has 2 nitrogen and oxygen atoms in total. The van der Waals surface area contributed by atoms with Crippen molar-refractivity contribution in [2.24, 2.45) is 5.73 Å². The van der Waals surface area contributed by atoms with Gasteiger partial charge in [-0.1, -0.05) is 49.4 Å². The van der Waals surface area contributed by atoms with Crippen LogP contribution in [0, 0.1) is 11.2 Å². The lowest BCUT2D eigenvalue weighted by molar-refractivity contribution is 0.631. The summed E-state index contributed by atoms with van der Waals surface area (Å²) in [5.41, 5.74) is 7.83. The highest BCUT2D eigenvalue weighted by atomic mass is 35.5. The van der Waals surface area contributed by atoms with Crippen molar-refractivity contribution in [3.05, 3.63) is 59.9 Å². The van der Waals surface area contributed by atoms with Gasteiger partial charge in [-0.25, -0.2) is 4.39 Å². The van der Waals surface area contributed by atoms with E-state index in [4.69, 9.17) is 11.1 Å². The van der Waals surface area contributed by atoms with E-state index < -0.39 is 0 Å². The average molecular weight is 279 g/mol. The van der Waals surface area contributed by atoms with Crippen LogP contribution in [0.3, 0.4) is 0 Å². The van der Waals surface area contributed by atoms with Crippen molar-refractivity contribution in [1.82, 2.24) is 0 Å². The second kappa shape index (κ2) is 6.34. The minimum atomic E-state index is -0.232. The summed E-state index contributed by atoms with van der Waals surface area (Å²) in [4.78, 5) is 0. The summed E-state index contributed by atoms with van der Waals surface area (Å²) in [6, 6.07) is 14.2. The van der Waals surface area contributed by atoms with Crippen LogP contribution in [-0.4, -0.2) is 5.84 Å². The van der Waals surface area contributed by atoms with E-state index in [1.165, 1.54) is 6.07 Å². The van der Waals surface area contributed by atoms with Crippen LogP contribution < -0.4 is 5.73 Å². The Morgan fingerprint density at radius 3 is 2.21 bits per heavy atom. The summed E-state index contributed by atoms with van der Waals surface area (Å²) in [5, 5.41) is 7.41. The molecule has 0 saturated heterocycles. The third-order valence-electron chi connectivity index (χ3n) is 3.06. The summed E-state index contributed by atoms with van der Waals surface area (Å²) >= 11 is 0. The lowest BCUT2D eigenvalue weighted by Crippen LogP contribution is -2.17. The highest BCUT2D eigenvalue weighted by Crippen LogP contribution is 2.24. The fraction of sp³-hybridized carbons (Fsp3) is 0.133. The number of hydrogen-bond acceptors (Lipinski definition) is 1. The quantitative estimate of drug-likeness (QED) is 0.648. The van der Waals surface area contributed by atoms with Gasteiger partial charge in [0, 0.05) is 11.5 Å². The molecule has 2 rings (SSSR count). The van der Waals surface area contributed by atoms with Crippen molar-refractivity contribution >= 4 is 18.2 Å². The first kappa shape index (κ1) is 15.2. The second-order valence-corrected chi connectivity index (χ2v) is 4.28. The van der Waals surface area contributed by atoms with Gasteiger partial charge in [-0.05, 0) is 17.2 Å². The van der Waals surface area contributed by atoms with Gasteiger partial charge >= 0.3 is 0 Å². The maximum absolute atomic E-state index is 13.6. The lowest BCUT2D eigenvalue weighted by Gasteiger charge is -2.11. The Balaban J connectivity index is 0.00000180. The first-order chi connectivity index (χ1) is 8.59. The van der Waals surface area contributed by atoms with Gasteiger partial charge in [-0.15, -0.1) is 12.4 Å². The average Bonchev–Trinajstić information content (AvgIpc) is 2.38. The van der Waals surface area contributed by atoms with Gasteiger partial charge in [-0.3, -0.25) is 5.41 Å². The van der Waals surface area contributed by atoms with Gasteiger partial charge in [0.05, 0.1) is 5.84 Å². The number of halogens is 2. The molecule has 0 fully saturated rings. The standard InChI is InChI=1S/C15H15FN2.ClH/c1-10(15(17)18)11-6-8-12(9-7-11)13-4-2-3-5-14(13)16;/h2-10H,1H3,(H3,17,18);1H/t10-;/m0./s1. The number of amidine groups is 1. The molecular formula is C15H16ClFN2. The van der Waals surface area contributed by atoms with Crippen molar-refractivity contribution in [3.8, 4) is 11.1 Å². The Morgan fingerprint density at radius 2 is 1.68 bits per heavy atom. The summed E-state index contributed by atoms with van der Waals surface area (Å²) in [6.07, 6.45) is 0. The van der Waals surface area contributed by atoms with Crippen molar-refractivity contribution < 1.29 is 4.39 Å². The summed E-state index contributed by atoms with van der Waals surface area (Å²) in [6.45, 7) is 1.88. The zero-order chi connectivity index (χ0) is 13.1. The van der Waals surface area contributed by atoms with Crippen LogP contribution >= 0.6 is 12.4 Å². The molecule has 4 heteroatoms. The van der Waals surface area contributed by atoms with E-state index in [2.05, 4.69) is 0 Å². The van der Waals surface area contributed by atoms with Crippen LogP contribution in [-0.2, 0) is 0 Å². The number of hydrogen-bond donors (Lipinski definition) is 2. The van der Waals surface area contributed by atoms with Crippen LogP contribution in [0.5, 0.6) is 0 Å². The molecule has 0 unspecified atom stereocenters. The minimum Gasteiger partial charge on any atom is -0.387 e. The largest absolute Gasteiger partial charge is 0.387 e. The van der Waals surface area contributed by atoms with E-state index in [1.807, 2.05) is 37.3 Å². The fourth-order valence-corrected chi connectivity index (χ4v) is 1.83. The molecule has 0 aromatic heterocycles. The van der Waals surface area contributed by atoms with Crippen LogP contribution in [0.1, 0.15) is 18.4 Å². The molecule has 0 aliphatic rings. The molecule has 19 heavy (non-hydrogen) atoms. The van der Waals surface area contributed by atoms with E-state index in [9.17, 15) is 4.39 Å². The van der Waals surface area contributed by atoms with Gasteiger partial charge in [0.2, 0.25) is 0 Å². The summed E-state index contributed by atoms with van der Waals surface area (Å²) in [7, 11) is 0. The molecule has 0 aliphatic heterocycles. The molecule has 2 aromatic carbocycles. The van der Waals surface area contributed by atoms with Gasteiger partial charge in [0.25, 0.3) is 0 Å². The molecule has 0 bridgehead atoms. The normalized spacial score (nSPS) is 11.5. The Morgan fingerprint density at radius 1 is 1.11 bits per heavy atom. The van der Waals surface area contributed by atoms with Crippen molar-refractivity contribution in [2.45, 2.75) is 12.8 Å². The summed E-state index contributed by atoms with van der Waals surface area (Å²) < 4.78 is 13.6. The number of benzene rings is 2. The maximum atomic E-state index is 13.6. The van der Waals surface area contributed by atoms with Crippen LogP contribution in [0.4, 0.5) is 4.39 Å². The number of nitrogens with one attached hydrogen (secondary N) is 1. The van der Waals surface area contributed by atoms with E-state index in [0.717, 1.165) is 11.1 Å². The third kappa shape index (κ3) is 3.32. The van der Waals surface area contributed by atoms with Crippen LogP contribution in [0.15, 0.2) is 48.5 Å². The second-order valence-electron chi connectivity index (χ2n) is 4.28. The molecular weight excluding hydrogens is 263 g/mol. The minimum absolute atomic E-state index is 0. The predicted octanol–water partition coefficient (Wildman–Crippen LogP) is 3.95. The van der Waals surface area contributed by atoms with Gasteiger partial charge in [-0.2, -0.15) is 0 Å². The van der Waals surface area contributed by atoms with Crippen molar-refractivity contribution in [3.63, 3.8) is 0 Å². The van der Waals surface area contributed by atoms with E-state index in [1.54, 1.807) is 12.1 Å². The highest BCUT2D eigenvalue weighted by Gasteiger charge is 2.09. The third-order valence-corrected chi connectivity index (χ3v) is 3.06. The maximum Gasteiger partial charge on any atom is 0.131 e. The SMILES string of the molecule is C[C@H](C(=N)N)c1ccc(-c2ccccc2F)cc1.Cl. The zero-order valence-corrected chi connectivity index (χ0v) is 11.4. The number of rotatable bonds is 3. The molecule has 0 amide bonds. The Bertz CT molecular complexity index is 567. The molecule has 0 spiro atoms. The molecule has 0 heterocycles. The molecule has 0 aliphatic carbocycles. The van der Waals surface area contributed by atoms with E-state index in [0.29, 0.717) is 5.56 Å². The fourth-order valence-electron chi connectivity index (χ4n) is 1.83. The molecule has 1 atom stereocenters. The summed E-state index contributed by atoms with van der Waals surface area (Å²) in [5.74, 6) is -0.210. The monoisotopic (exact) mass is 278 g/mol. The molecule has 100 valence electrons. The van der Waals surface area contributed by atoms with Crippen molar-refractivity contribution in [2.75, 3.05) is 0 Å². The first-order valence-electron chi connectivity index (χ1n) is 5.78. The van der Waals surface area contributed by atoms with Crippen LogP contribution in [0.2, 0.25) is 0 Å². The predicted molar refractivity (Wildman–Crippen MR) is 79.4 cm³/mol. The lowest BCUT2D eigenvalue weighted by atomic mass is 9.97.